The van der Waals surface area contributed by atoms with E-state index in [1.165, 1.54) is 24.2 Å². The molecule has 1 fully saturated rings. The Bertz CT molecular complexity index is 830. The summed E-state index contributed by atoms with van der Waals surface area (Å²) in [4.78, 5) is 24.2. The normalized spacial score (nSPS) is 19.2. The highest BCUT2D eigenvalue weighted by Crippen LogP contribution is 2.22. The second-order valence-corrected chi connectivity index (χ2v) is 6.57. The van der Waals surface area contributed by atoms with Crippen LogP contribution in [0.4, 0.5) is 5.69 Å². The third-order valence-corrected chi connectivity index (χ3v) is 4.40. The maximum Gasteiger partial charge on any atom is 0.238 e. The molecule has 25 heavy (non-hydrogen) atoms. The van der Waals surface area contributed by atoms with Gasteiger partial charge in [-0.1, -0.05) is 23.9 Å². The predicted octanol–water partition coefficient (Wildman–Crippen LogP) is 2.54. The lowest BCUT2D eigenvalue weighted by molar-refractivity contribution is -0.123. The van der Waals surface area contributed by atoms with Crippen molar-refractivity contribution >= 4 is 40.6 Å². The Morgan fingerprint density at radius 1 is 1.40 bits per heavy atom. The molecule has 0 saturated carbocycles. The van der Waals surface area contributed by atoms with Gasteiger partial charge in [-0.2, -0.15) is 5.10 Å². The monoisotopic (exact) mass is 356 g/mol. The van der Waals surface area contributed by atoms with Gasteiger partial charge in [-0.25, -0.2) is 0 Å². The van der Waals surface area contributed by atoms with E-state index in [1.807, 2.05) is 25.1 Å². The molecule has 2 aromatic rings. The van der Waals surface area contributed by atoms with Crippen molar-refractivity contribution in [1.82, 2.24) is 5.32 Å². The molecule has 0 spiro atoms. The Morgan fingerprint density at radius 3 is 3.04 bits per heavy atom. The second kappa shape index (κ2) is 7.80. The van der Waals surface area contributed by atoms with Crippen molar-refractivity contribution in [2.75, 3.05) is 5.32 Å². The molecule has 0 bridgehead atoms. The Morgan fingerprint density at radius 2 is 2.28 bits per heavy atom. The average molecular weight is 356 g/mol. The third kappa shape index (κ3) is 4.80. The van der Waals surface area contributed by atoms with Gasteiger partial charge in [0, 0.05) is 12.1 Å². The zero-order valence-electron chi connectivity index (χ0n) is 13.4. The predicted molar refractivity (Wildman–Crippen MR) is 97.7 cm³/mol. The van der Waals surface area contributed by atoms with Gasteiger partial charge >= 0.3 is 0 Å². The quantitative estimate of drug-likeness (QED) is 0.650. The highest BCUT2D eigenvalue weighted by Gasteiger charge is 2.30. The Labute approximate surface area is 148 Å². The van der Waals surface area contributed by atoms with E-state index < -0.39 is 5.25 Å². The van der Waals surface area contributed by atoms with Crippen LogP contribution < -0.4 is 10.6 Å². The molecule has 3 rings (SSSR count). The number of thioether (sulfide) groups is 1. The molecule has 0 unspecified atom stereocenters. The molecule has 0 radical (unpaired) electrons. The second-order valence-electron chi connectivity index (χ2n) is 5.38. The maximum atomic E-state index is 12.4. The van der Waals surface area contributed by atoms with Crippen molar-refractivity contribution in [3.63, 3.8) is 0 Å². The van der Waals surface area contributed by atoms with Gasteiger partial charge in [0.1, 0.15) is 11.0 Å². The number of carbonyl (C=O) groups excluding carboxylic acids is 2. The fraction of sp³-hybridized carbons (Fsp3) is 0.176. The van der Waals surface area contributed by atoms with Crippen molar-refractivity contribution in [3.05, 3.63) is 54.0 Å². The van der Waals surface area contributed by atoms with Crippen molar-refractivity contribution in [2.45, 2.75) is 18.6 Å². The number of aryl methyl sites for hydroxylation is 1. The molecule has 0 aliphatic carbocycles. The van der Waals surface area contributed by atoms with E-state index >= 15 is 0 Å². The van der Waals surface area contributed by atoms with Gasteiger partial charge in [0.2, 0.25) is 11.8 Å². The van der Waals surface area contributed by atoms with Gasteiger partial charge < -0.3 is 15.1 Å². The fourth-order valence-corrected chi connectivity index (χ4v) is 3.13. The van der Waals surface area contributed by atoms with Crippen molar-refractivity contribution in [1.29, 1.82) is 0 Å². The molecule has 7 nitrogen and oxygen atoms in total. The first-order valence-corrected chi connectivity index (χ1v) is 8.47. The smallest absolute Gasteiger partial charge is 0.238 e. The summed E-state index contributed by atoms with van der Waals surface area (Å²) in [6, 6.07) is 10.9. The lowest BCUT2D eigenvalue weighted by atomic mass is 10.2. The SMILES string of the molecule is Cc1cccc(NC(=O)[C@H]2CC(=O)NC(=N/N=C/c3ccco3)S2)c1. The number of anilines is 1. The summed E-state index contributed by atoms with van der Waals surface area (Å²) in [5.41, 5.74) is 1.74. The van der Waals surface area contributed by atoms with E-state index in [0.717, 1.165) is 5.56 Å². The zero-order valence-corrected chi connectivity index (χ0v) is 14.2. The molecule has 1 saturated heterocycles. The van der Waals surface area contributed by atoms with Gasteiger partial charge in [0.15, 0.2) is 5.17 Å². The molecular weight excluding hydrogens is 340 g/mol. The largest absolute Gasteiger partial charge is 0.463 e. The summed E-state index contributed by atoms with van der Waals surface area (Å²) in [6.07, 6.45) is 3.04. The number of amides is 2. The van der Waals surface area contributed by atoms with Gasteiger partial charge in [-0.05, 0) is 36.8 Å². The molecule has 1 aliphatic heterocycles. The van der Waals surface area contributed by atoms with E-state index in [2.05, 4.69) is 20.8 Å². The van der Waals surface area contributed by atoms with Crippen LogP contribution in [0.15, 0.2) is 57.3 Å². The molecule has 1 aromatic heterocycles. The Hall–Kier alpha value is -2.87. The van der Waals surface area contributed by atoms with Gasteiger partial charge in [-0.15, -0.1) is 5.10 Å². The number of hydrogen-bond donors (Lipinski definition) is 2. The van der Waals surface area contributed by atoms with Crippen molar-refractivity contribution in [2.24, 2.45) is 10.2 Å². The molecule has 2 heterocycles. The number of amidine groups is 1. The summed E-state index contributed by atoms with van der Waals surface area (Å²) >= 11 is 1.17. The van der Waals surface area contributed by atoms with E-state index in [-0.39, 0.29) is 23.4 Å². The van der Waals surface area contributed by atoms with Gasteiger partial charge in [0.25, 0.3) is 0 Å². The molecular formula is C17H16N4O3S. The fourth-order valence-electron chi connectivity index (χ4n) is 2.19. The topological polar surface area (TPSA) is 96.1 Å². The summed E-state index contributed by atoms with van der Waals surface area (Å²) in [5.74, 6) is 0.0356. The minimum atomic E-state index is -0.563. The summed E-state index contributed by atoms with van der Waals surface area (Å²) in [5, 5.41) is 12.9. The number of hydrogen-bond acceptors (Lipinski definition) is 6. The van der Waals surface area contributed by atoms with Crippen LogP contribution in [-0.2, 0) is 9.59 Å². The van der Waals surface area contributed by atoms with Crippen LogP contribution in [0.5, 0.6) is 0 Å². The van der Waals surface area contributed by atoms with E-state index in [9.17, 15) is 9.59 Å². The number of benzene rings is 1. The first-order chi connectivity index (χ1) is 12.1. The third-order valence-electron chi connectivity index (χ3n) is 3.33. The zero-order chi connectivity index (χ0) is 17.6. The molecule has 128 valence electrons. The molecule has 1 aromatic carbocycles. The highest BCUT2D eigenvalue weighted by atomic mass is 32.2. The number of rotatable bonds is 4. The van der Waals surface area contributed by atoms with E-state index in [0.29, 0.717) is 11.4 Å². The van der Waals surface area contributed by atoms with Crippen LogP contribution in [0.2, 0.25) is 0 Å². The molecule has 2 N–H and O–H groups in total. The summed E-state index contributed by atoms with van der Waals surface area (Å²) in [7, 11) is 0. The lowest BCUT2D eigenvalue weighted by Crippen LogP contribution is -2.41. The maximum absolute atomic E-state index is 12.4. The minimum absolute atomic E-state index is 0.0865. The van der Waals surface area contributed by atoms with Crippen LogP contribution in [0.25, 0.3) is 0 Å². The molecule has 8 heteroatoms. The Balaban J connectivity index is 1.65. The highest BCUT2D eigenvalue weighted by molar-refractivity contribution is 8.15. The first-order valence-electron chi connectivity index (χ1n) is 7.59. The lowest BCUT2D eigenvalue weighted by Gasteiger charge is -2.21. The standard InChI is InChI=1S/C17H16N4O3S/c1-11-4-2-5-12(8-11)19-16(23)14-9-15(22)20-17(25-14)21-18-10-13-6-3-7-24-13/h2-8,10,14H,9H2,1H3,(H,19,23)(H,20,21,22)/b18-10+/t14-/m1/s1. The Kier molecular flexibility index (Phi) is 5.30. The number of nitrogens with zero attached hydrogens (tertiary/aromatic N) is 2. The molecule has 1 atom stereocenters. The summed E-state index contributed by atoms with van der Waals surface area (Å²) < 4.78 is 5.10. The number of carbonyl (C=O) groups is 2. The van der Waals surface area contributed by atoms with E-state index in [1.54, 1.807) is 18.2 Å². The van der Waals surface area contributed by atoms with Crippen molar-refractivity contribution < 1.29 is 14.0 Å². The van der Waals surface area contributed by atoms with Crippen molar-refractivity contribution in [3.8, 4) is 0 Å². The van der Waals surface area contributed by atoms with Crippen LogP contribution in [0.1, 0.15) is 17.7 Å². The van der Waals surface area contributed by atoms with Gasteiger partial charge in [0.05, 0.1) is 12.5 Å². The number of nitrogens with one attached hydrogen (secondary N) is 2. The number of furan rings is 1. The van der Waals surface area contributed by atoms with Crippen LogP contribution in [0.3, 0.4) is 0 Å². The summed E-state index contributed by atoms with van der Waals surface area (Å²) in [6.45, 7) is 1.94. The average Bonchev–Trinajstić information content (AvgIpc) is 3.08. The van der Waals surface area contributed by atoms with Crippen LogP contribution in [0, 0.1) is 6.92 Å². The van der Waals surface area contributed by atoms with Crippen LogP contribution >= 0.6 is 11.8 Å². The van der Waals surface area contributed by atoms with Gasteiger partial charge in [-0.3, -0.25) is 9.59 Å². The molecule has 1 aliphatic rings. The van der Waals surface area contributed by atoms with Crippen LogP contribution in [-0.4, -0.2) is 28.4 Å². The first kappa shape index (κ1) is 17.0. The molecule has 2 amide bonds. The van der Waals surface area contributed by atoms with E-state index in [4.69, 9.17) is 4.42 Å². The minimum Gasteiger partial charge on any atom is -0.463 e.